The molecule has 0 spiro atoms. The zero-order valence-corrected chi connectivity index (χ0v) is 17.6. The molecular formula is C23H29NO5. The van der Waals surface area contributed by atoms with E-state index in [1.807, 2.05) is 26.0 Å². The summed E-state index contributed by atoms with van der Waals surface area (Å²) in [5.74, 6) is 3.66. The van der Waals surface area contributed by atoms with Crippen LogP contribution >= 0.6 is 0 Å². The van der Waals surface area contributed by atoms with Gasteiger partial charge in [0.2, 0.25) is 0 Å². The van der Waals surface area contributed by atoms with Crippen LogP contribution in [0.5, 0.6) is 0 Å². The Labute approximate surface area is 172 Å². The summed E-state index contributed by atoms with van der Waals surface area (Å²) in [6.07, 6.45) is 0.655. The van der Waals surface area contributed by atoms with E-state index in [-0.39, 0.29) is 12.2 Å². The lowest BCUT2D eigenvalue weighted by Gasteiger charge is -2.29. The zero-order valence-electron chi connectivity index (χ0n) is 17.6. The largest absolute Gasteiger partial charge is 0.462 e. The second-order valence-corrected chi connectivity index (χ2v) is 7.44. The number of esters is 1. The third kappa shape index (κ3) is 5.45. The van der Waals surface area contributed by atoms with Gasteiger partial charge in [0, 0.05) is 25.1 Å². The lowest BCUT2D eigenvalue weighted by atomic mass is 9.80. The van der Waals surface area contributed by atoms with E-state index in [9.17, 15) is 19.5 Å². The molecule has 2 atom stereocenters. The number of hydrogen-bond donors (Lipinski definition) is 1. The van der Waals surface area contributed by atoms with E-state index in [0.717, 1.165) is 22.3 Å². The summed E-state index contributed by atoms with van der Waals surface area (Å²) in [5.41, 5.74) is 3.65. The lowest BCUT2D eigenvalue weighted by molar-refractivity contribution is -0.158. The highest BCUT2D eigenvalue weighted by Gasteiger charge is 2.32. The molecule has 1 heterocycles. The second kappa shape index (κ2) is 10.2. The van der Waals surface area contributed by atoms with Crippen molar-refractivity contribution in [2.45, 2.75) is 58.5 Å². The molecule has 1 aromatic rings. The van der Waals surface area contributed by atoms with Gasteiger partial charge in [0.1, 0.15) is 5.78 Å². The number of hydrogen-bond acceptors (Lipinski definition) is 5. The number of Topliss-reactive ketones (excluding diaryl/α,β-unsaturated/α-hetero) is 1. The number of ketones is 1. The predicted octanol–water partition coefficient (Wildman–Crippen LogP) is 2.26. The highest BCUT2D eigenvalue weighted by molar-refractivity contribution is 6.32. The minimum Gasteiger partial charge on any atom is -0.462 e. The van der Waals surface area contributed by atoms with Crippen LogP contribution in [0.4, 0.5) is 0 Å². The molecule has 29 heavy (non-hydrogen) atoms. The minimum atomic E-state index is -0.909. The van der Waals surface area contributed by atoms with Crippen LogP contribution in [0.25, 0.3) is 0 Å². The van der Waals surface area contributed by atoms with Crippen molar-refractivity contribution in [3.8, 4) is 11.8 Å². The molecule has 6 heteroatoms. The van der Waals surface area contributed by atoms with Gasteiger partial charge in [0.05, 0.1) is 19.1 Å². The summed E-state index contributed by atoms with van der Waals surface area (Å²) in [4.78, 5) is 38.1. The standard InChI is InChI=1S/C23H29NO5/c1-5-8-17-13-15(2)20(16(3)14-17)21-18(25)9-6-11-24(12-7-10-19(21)26)22(27)23(28)29-4/h13-14,18,21,25H,6-7,9-12H2,1-4H3. The van der Waals surface area contributed by atoms with Crippen molar-refractivity contribution < 1.29 is 24.2 Å². The Morgan fingerprint density at radius 1 is 1.17 bits per heavy atom. The first kappa shape index (κ1) is 22.6. The Bertz CT molecular complexity index is 826. The van der Waals surface area contributed by atoms with Gasteiger partial charge in [-0.05, 0) is 68.9 Å². The number of amides is 1. The molecule has 0 saturated carbocycles. The molecule has 0 aliphatic carbocycles. The topological polar surface area (TPSA) is 83.9 Å². The fraction of sp³-hybridized carbons (Fsp3) is 0.522. The lowest BCUT2D eigenvalue weighted by Crippen LogP contribution is -2.40. The number of ether oxygens (including phenoxy) is 1. The quantitative estimate of drug-likeness (QED) is 0.445. The van der Waals surface area contributed by atoms with Crippen LogP contribution in [0.3, 0.4) is 0 Å². The highest BCUT2D eigenvalue weighted by atomic mass is 16.5. The molecule has 6 nitrogen and oxygen atoms in total. The van der Waals surface area contributed by atoms with Crippen LogP contribution in [-0.2, 0) is 19.1 Å². The maximum absolute atomic E-state index is 13.0. The smallest absolute Gasteiger partial charge is 0.396 e. The van der Waals surface area contributed by atoms with Crippen LogP contribution < -0.4 is 0 Å². The van der Waals surface area contributed by atoms with E-state index < -0.39 is 23.9 Å². The Morgan fingerprint density at radius 2 is 1.79 bits per heavy atom. The molecule has 0 bridgehead atoms. The van der Waals surface area contributed by atoms with Crippen LogP contribution in [-0.4, -0.2) is 54.0 Å². The van der Waals surface area contributed by atoms with Crippen molar-refractivity contribution in [3.05, 3.63) is 34.4 Å². The summed E-state index contributed by atoms with van der Waals surface area (Å²) in [6.45, 7) is 6.32. The normalized spacial score (nSPS) is 20.4. The van der Waals surface area contributed by atoms with E-state index in [2.05, 4.69) is 16.6 Å². The summed E-state index contributed by atoms with van der Waals surface area (Å²) in [7, 11) is 1.17. The van der Waals surface area contributed by atoms with Gasteiger partial charge in [0.15, 0.2) is 0 Å². The van der Waals surface area contributed by atoms with Crippen molar-refractivity contribution >= 4 is 17.7 Å². The van der Waals surface area contributed by atoms with Gasteiger partial charge in [-0.25, -0.2) is 4.79 Å². The van der Waals surface area contributed by atoms with Gasteiger partial charge in [-0.2, -0.15) is 0 Å². The van der Waals surface area contributed by atoms with E-state index in [1.165, 1.54) is 12.0 Å². The van der Waals surface area contributed by atoms with Crippen molar-refractivity contribution in [3.63, 3.8) is 0 Å². The van der Waals surface area contributed by atoms with E-state index >= 15 is 0 Å². The number of carbonyl (C=O) groups is 3. The molecule has 0 radical (unpaired) electrons. The van der Waals surface area contributed by atoms with Gasteiger partial charge in [-0.3, -0.25) is 9.59 Å². The van der Waals surface area contributed by atoms with Crippen molar-refractivity contribution in [2.24, 2.45) is 0 Å². The Balaban J connectivity index is 2.27. The number of benzene rings is 1. The molecule has 1 aliphatic heterocycles. The van der Waals surface area contributed by atoms with Gasteiger partial charge in [-0.15, -0.1) is 5.92 Å². The second-order valence-electron chi connectivity index (χ2n) is 7.44. The highest BCUT2D eigenvalue weighted by Crippen LogP contribution is 2.32. The molecule has 1 aliphatic rings. The van der Waals surface area contributed by atoms with E-state index in [0.29, 0.717) is 32.4 Å². The number of carbonyl (C=O) groups excluding carboxylic acids is 3. The number of nitrogens with zero attached hydrogens (tertiary/aromatic N) is 1. The maximum atomic E-state index is 13.0. The number of rotatable bonds is 1. The summed E-state index contributed by atoms with van der Waals surface area (Å²) >= 11 is 0. The van der Waals surface area contributed by atoms with Gasteiger partial charge >= 0.3 is 11.9 Å². The van der Waals surface area contributed by atoms with Crippen LogP contribution in [0, 0.1) is 25.7 Å². The first-order valence-corrected chi connectivity index (χ1v) is 9.92. The zero-order chi connectivity index (χ0) is 21.6. The first-order chi connectivity index (χ1) is 13.8. The molecule has 156 valence electrons. The van der Waals surface area contributed by atoms with Gasteiger partial charge in [0.25, 0.3) is 0 Å². The van der Waals surface area contributed by atoms with E-state index in [1.54, 1.807) is 6.92 Å². The Hall–Kier alpha value is -2.65. The number of aliphatic hydroxyl groups is 1. The molecule has 2 rings (SSSR count). The minimum absolute atomic E-state index is 0.0506. The van der Waals surface area contributed by atoms with Crippen molar-refractivity contribution in [1.29, 1.82) is 0 Å². The Kier molecular flexibility index (Phi) is 7.98. The van der Waals surface area contributed by atoms with Crippen LogP contribution in [0.2, 0.25) is 0 Å². The molecule has 1 saturated heterocycles. The third-order valence-electron chi connectivity index (χ3n) is 5.33. The summed E-state index contributed by atoms with van der Waals surface area (Å²) < 4.78 is 4.51. The van der Waals surface area contributed by atoms with Crippen LogP contribution in [0.15, 0.2) is 12.1 Å². The molecule has 1 fully saturated rings. The van der Waals surface area contributed by atoms with Gasteiger partial charge < -0.3 is 14.7 Å². The number of aliphatic hydroxyl groups excluding tert-OH is 1. The fourth-order valence-electron chi connectivity index (χ4n) is 4.04. The fourth-order valence-corrected chi connectivity index (χ4v) is 4.04. The van der Waals surface area contributed by atoms with Crippen molar-refractivity contribution in [1.82, 2.24) is 4.90 Å². The monoisotopic (exact) mass is 399 g/mol. The third-order valence-corrected chi connectivity index (χ3v) is 5.33. The van der Waals surface area contributed by atoms with Crippen LogP contribution in [0.1, 0.15) is 60.8 Å². The summed E-state index contributed by atoms with van der Waals surface area (Å²) in [5, 5.41) is 10.9. The molecular weight excluding hydrogens is 370 g/mol. The summed E-state index contributed by atoms with van der Waals surface area (Å²) in [6, 6.07) is 3.91. The molecule has 1 aromatic carbocycles. The molecule has 2 unspecified atom stereocenters. The Morgan fingerprint density at radius 3 is 2.38 bits per heavy atom. The SMILES string of the molecule is CC#Cc1cc(C)c(C2C(=O)CCCN(C(=O)C(=O)OC)CCCC2O)c(C)c1. The van der Waals surface area contributed by atoms with Gasteiger partial charge in [-0.1, -0.05) is 5.92 Å². The van der Waals surface area contributed by atoms with E-state index in [4.69, 9.17) is 0 Å². The molecule has 1 N–H and O–H groups in total. The average Bonchev–Trinajstić information content (AvgIpc) is 2.67. The van der Waals surface area contributed by atoms with Crippen molar-refractivity contribution in [2.75, 3.05) is 20.2 Å². The predicted molar refractivity (Wildman–Crippen MR) is 109 cm³/mol. The number of aryl methyl sites for hydroxylation is 2. The molecule has 0 aromatic heterocycles. The molecule has 1 amide bonds. The first-order valence-electron chi connectivity index (χ1n) is 9.92. The maximum Gasteiger partial charge on any atom is 0.396 e. The number of methoxy groups -OCH3 is 1. The average molecular weight is 399 g/mol.